The third kappa shape index (κ3) is 2.45. The smallest absolute Gasteiger partial charge is 0.0906 e. The molecule has 1 aliphatic heterocycles. The van der Waals surface area contributed by atoms with Crippen molar-refractivity contribution in [2.24, 2.45) is 5.92 Å². The molecule has 2 atom stereocenters. The Bertz CT molecular complexity index is 182. The molecule has 2 aliphatic rings. The molecule has 0 aromatic carbocycles. The second-order valence-electron chi connectivity index (χ2n) is 4.74. The fraction of sp³-hybridized carbons (Fsp3) is 1.00. The van der Waals surface area contributed by atoms with E-state index in [4.69, 9.17) is 0 Å². The maximum atomic E-state index is 12.1. The molecular weight excluding hydrogens is 179 g/mol. The van der Waals surface area contributed by atoms with E-state index in [1.165, 1.54) is 12.8 Å². The topological polar surface area (TPSA) is 15.3 Å². The van der Waals surface area contributed by atoms with Crippen molar-refractivity contribution in [3.63, 3.8) is 0 Å². The van der Waals surface area contributed by atoms with E-state index >= 15 is 0 Å². The minimum atomic E-state index is -0.176. The van der Waals surface area contributed by atoms with E-state index in [2.05, 4.69) is 17.1 Å². The highest BCUT2D eigenvalue weighted by Gasteiger charge is 2.35. The summed E-state index contributed by atoms with van der Waals surface area (Å²) in [6.45, 7) is 5.20. The van der Waals surface area contributed by atoms with Crippen LogP contribution in [0, 0.1) is 5.92 Å². The Morgan fingerprint density at radius 1 is 1.43 bits per heavy atom. The first-order valence-corrected chi connectivity index (χ1v) is 5.84. The monoisotopic (exact) mass is 200 g/mol. The lowest BCUT2D eigenvalue weighted by atomic mass is 10.1. The van der Waals surface area contributed by atoms with Crippen LogP contribution in [0.2, 0.25) is 0 Å². The van der Waals surface area contributed by atoms with Crippen LogP contribution in [-0.4, -0.2) is 43.3 Å². The van der Waals surface area contributed by atoms with Crippen LogP contribution in [0.5, 0.6) is 0 Å². The van der Waals surface area contributed by atoms with Gasteiger partial charge in [0, 0.05) is 31.7 Å². The predicted octanol–water partition coefficient (Wildman–Crippen LogP) is 1.42. The van der Waals surface area contributed by atoms with Crippen molar-refractivity contribution >= 4 is 0 Å². The van der Waals surface area contributed by atoms with E-state index in [1.54, 1.807) is 0 Å². The molecule has 1 aliphatic carbocycles. The Morgan fingerprint density at radius 2 is 2.21 bits per heavy atom. The summed E-state index contributed by atoms with van der Waals surface area (Å²) in [7, 11) is 0. The normalized spacial score (nSPS) is 34.7. The summed E-state index contributed by atoms with van der Waals surface area (Å²) < 4.78 is 12.1. The van der Waals surface area contributed by atoms with Gasteiger partial charge in [0.15, 0.2) is 0 Å². The first-order chi connectivity index (χ1) is 6.81. The minimum absolute atomic E-state index is 0.176. The van der Waals surface area contributed by atoms with Crippen LogP contribution in [-0.2, 0) is 0 Å². The Kier molecular flexibility index (Phi) is 3.39. The maximum Gasteiger partial charge on any atom is 0.0906 e. The number of nitrogens with zero attached hydrogens (tertiary/aromatic N) is 1. The first-order valence-electron chi connectivity index (χ1n) is 5.84. The average molecular weight is 200 g/mol. The standard InChI is InChI=1S/C11H21FN2/c1-9-7-13-11(10-3-4-10)8-14(9)6-2-5-12/h9-11,13H,2-8H2,1H3. The molecule has 2 rings (SSSR count). The molecule has 3 heteroatoms. The summed E-state index contributed by atoms with van der Waals surface area (Å²) in [6, 6.07) is 1.27. The quantitative estimate of drug-likeness (QED) is 0.738. The van der Waals surface area contributed by atoms with E-state index < -0.39 is 0 Å². The zero-order valence-corrected chi connectivity index (χ0v) is 9.01. The van der Waals surface area contributed by atoms with Crippen molar-refractivity contribution in [2.45, 2.75) is 38.3 Å². The number of halogens is 1. The summed E-state index contributed by atoms with van der Waals surface area (Å²) in [4.78, 5) is 2.44. The number of piperazine rings is 1. The molecule has 1 saturated heterocycles. The van der Waals surface area contributed by atoms with E-state index in [0.29, 0.717) is 18.5 Å². The zero-order chi connectivity index (χ0) is 9.97. The highest BCUT2D eigenvalue weighted by atomic mass is 19.1. The maximum absolute atomic E-state index is 12.1. The lowest BCUT2D eigenvalue weighted by Gasteiger charge is -2.39. The molecule has 14 heavy (non-hydrogen) atoms. The molecule has 2 fully saturated rings. The van der Waals surface area contributed by atoms with Crippen molar-refractivity contribution in [1.29, 1.82) is 0 Å². The number of nitrogens with one attached hydrogen (secondary N) is 1. The Balaban J connectivity index is 1.79. The van der Waals surface area contributed by atoms with Gasteiger partial charge in [-0.2, -0.15) is 0 Å². The lowest BCUT2D eigenvalue weighted by Crippen LogP contribution is -2.56. The van der Waals surface area contributed by atoms with Crippen molar-refractivity contribution in [3.8, 4) is 0 Å². The van der Waals surface area contributed by atoms with Crippen LogP contribution in [0.1, 0.15) is 26.2 Å². The number of alkyl halides is 1. The van der Waals surface area contributed by atoms with Gasteiger partial charge in [0.2, 0.25) is 0 Å². The first kappa shape index (κ1) is 10.4. The Hall–Kier alpha value is -0.150. The molecule has 2 unspecified atom stereocenters. The molecule has 0 amide bonds. The number of hydrogen-bond acceptors (Lipinski definition) is 2. The molecule has 1 heterocycles. The lowest BCUT2D eigenvalue weighted by molar-refractivity contribution is 0.128. The van der Waals surface area contributed by atoms with Crippen molar-refractivity contribution in [2.75, 3.05) is 26.3 Å². The fourth-order valence-electron chi connectivity index (χ4n) is 2.34. The van der Waals surface area contributed by atoms with Gasteiger partial charge in [0.25, 0.3) is 0 Å². The Morgan fingerprint density at radius 3 is 2.86 bits per heavy atom. The third-order valence-corrected chi connectivity index (χ3v) is 3.50. The van der Waals surface area contributed by atoms with E-state index in [-0.39, 0.29) is 6.67 Å². The van der Waals surface area contributed by atoms with Gasteiger partial charge < -0.3 is 5.32 Å². The molecule has 1 N–H and O–H groups in total. The van der Waals surface area contributed by atoms with E-state index in [0.717, 1.165) is 25.6 Å². The molecular formula is C11H21FN2. The molecule has 0 aromatic rings. The van der Waals surface area contributed by atoms with Gasteiger partial charge in [0.1, 0.15) is 0 Å². The summed E-state index contributed by atoms with van der Waals surface area (Å²) in [5.41, 5.74) is 0. The zero-order valence-electron chi connectivity index (χ0n) is 9.01. The highest BCUT2D eigenvalue weighted by molar-refractivity contribution is 4.93. The molecule has 0 radical (unpaired) electrons. The largest absolute Gasteiger partial charge is 0.311 e. The van der Waals surface area contributed by atoms with Crippen LogP contribution < -0.4 is 5.32 Å². The van der Waals surface area contributed by atoms with Crippen molar-refractivity contribution in [1.82, 2.24) is 10.2 Å². The average Bonchev–Trinajstić information content (AvgIpc) is 3.00. The summed E-state index contributed by atoms with van der Waals surface area (Å²) in [5.74, 6) is 0.912. The Labute approximate surface area is 85.9 Å². The van der Waals surface area contributed by atoms with Gasteiger partial charge in [-0.1, -0.05) is 0 Å². The fourth-order valence-corrected chi connectivity index (χ4v) is 2.34. The van der Waals surface area contributed by atoms with Gasteiger partial charge in [-0.15, -0.1) is 0 Å². The van der Waals surface area contributed by atoms with E-state index in [1.807, 2.05) is 0 Å². The van der Waals surface area contributed by atoms with E-state index in [9.17, 15) is 4.39 Å². The van der Waals surface area contributed by atoms with Gasteiger partial charge in [-0.3, -0.25) is 9.29 Å². The summed E-state index contributed by atoms with van der Waals surface area (Å²) in [6.07, 6.45) is 3.48. The van der Waals surface area contributed by atoms with Gasteiger partial charge in [0.05, 0.1) is 6.67 Å². The highest BCUT2D eigenvalue weighted by Crippen LogP contribution is 2.34. The third-order valence-electron chi connectivity index (χ3n) is 3.50. The molecule has 0 bridgehead atoms. The van der Waals surface area contributed by atoms with Gasteiger partial charge in [-0.05, 0) is 32.1 Å². The molecule has 1 saturated carbocycles. The molecule has 2 nitrogen and oxygen atoms in total. The predicted molar refractivity (Wildman–Crippen MR) is 56.1 cm³/mol. The van der Waals surface area contributed by atoms with Crippen LogP contribution in [0.15, 0.2) is 0 Å². The van der Waals surface area contributed by atoms with Crippen molar-refractivity contribution in [3.05, 3.63) is 0 Å². The van der Waals surface area contributed by atoms with Crippen LogP contribution in [0.3, 0.4) is 0 Å². The van der Waals surface area contributed by atoms with Gasteiger partial charge in [-0.25, -0.2) is 0 Å². The van der Waals surface area contributed by atoms with Crippen LogP contribution in [0.4, 0.5) is 4.39 Å². The van der Waals surface area contributed by atoms with Crippen LogP contribution in [0.25, 0.3) is 0 Å². The summed E-state index contributed by atoms with van der Waals surface area (Å²) in [5, 5.41) is 3.60. The molecule has 0 spiro atoms. The summed E-state index contributed by atoms with van der Waals surface area (Å²) >= 11 is 0. The number of rotatable bonds is 4. The number of hydrogen-bond donors (Lipinski definition) is 1. The van der Waals surface area contributed by atoms with Crippen LogP contribution >= 0.6 is 0 Å². The second kappa shape index (κ2) is 4.58. The van der Waals surface area contributed by atoms with Crippen molar-refractivity contribution < 1.29 is 4.39 Å². The molecule has 0 aromatic heterocycles. The minimum Gasteiger partial charge on any atom is -0.311 e. The molecule has 82 valence electrons. The second-order valence-corrected chi connectivity index (χ2v) is 4.74. The van der Waals surface area contributed by atoms with Gasteiger partial charge >= 0.3 is 0 Å². The SMILES string of the molecule is CC1CNC(C2CC2)CN1CCCF.